The predicted molar refractivity (Wildman–Crippen MR) is 161 cm³/mol. The lowest BCUT2D eigenvalue weighted by atomic mass is 9.87. The molecular formula is C33H37NO10. The van der Waals surface area contributed by atoms with Crippen molar-refractivity contribution >= 4 is 11.5 Å². The van der Waals surface area contributed by atoms with E-state index in [1.807, 2.05) is 14.1 Å². The van der Waals surface area contributed by atoms with Crippen molar-refractivity contribution in [2.75, 3.05) is 62.5 Å². The fourth-order valence-corrected chi connectivity index (χ4v) is 5.34. The Morgan fingerprint density at radius 3 is 2.25 bits per heavy atom. The van der Waals surface area contributed by atoms with Gasteiger partial charge in [0.05, 0.1) is 46.2 Å². The van der Waals surface area contributed by atoms with Crippen molar-refractivity contribution in [1.29, 1.82) is 0 Å². The Morgan fingerprint density at radius 2 is 1.59 bits per heavy atom. The average molecular weight is 608 g/mol. The van der Waals surface area contributed by atoms with Gasteiger partial charge in [-0.3, -0.25) is 0 Å². The molecule has 0 fully saturated rings. The second kappa shape index (κ2) is 12.9. The SMILES string of the molecule is COc1ccc(C2(O)OC(=O)C(c3ccc4c(c3)OCO4)=C2Cc2cc(OC)c(OC)c(OC)c2)c(OCCCN(C)C)c1. The highest BCUT2D eigenvalue weighted by atomic mass is 16.7. The topological polar surface area (TPSA) is 114 Å². The Balaban J connectivity index is 1.67. The van der Waals surface area contributed by atoms with Crippen LogP contribution in [0.2, 0.25) is 0 Å². The molecule has 0 aromatic heterocycles. The Bertz CT molecular complexity index is 1540. The summed E-state index contributed by atoms with van der Waals surface area (Å²) >= 11 is 0. The summed E-state index contributed by atoms with van der Waals surface area (Å²) in [5.74, 6) is 0.273. The molecular weight excluding hydrogens is 570 g/mol. The first-order chi connectivity index (χ1) is 21.2. The first-order valence-electron chi connectivity index (χ1n) is 14.1. The van der Waals surface area contributed by atoms with Gasteiger partial charge in [0.15, 0.2) is 23.0 Å². The van der Waals surface area contributed by atoms with Crippen molar-refractivity contribution in [3.63, 3.8) is 0 Å². The standard InChI is InChI=1S/C33H37NO10/c1-34(2)12-7-13-41-26-18-22(37-3)9-10-23(26)33(36)24(14-20-15-28(38-4)31(40-6)29(16-20)39-5)30(32(35)44-33)21-8-11-25-27(17-21)43-19-42-25/h8-11,15-18,36H,7,12-14,19H2,1-6H3. The molecule has 0 amide bonds. The Morgan fingerprint density at radius 1 is 0.864 bits per heavy atom. The lowest BCUT2D eigenvalue weighted by Gasteiger charge is -2.28. The number of fused-ring (bicyclic) bond motifs is 1. The fourth-order valence-electron chi connectivity index (χ4n) is 5.34. The number of benzene rings is 3. The molecule has 0 bridgehead atoms. The van der Waals surface area contributed by atoms with Crippen LogP contribution in [0.4, 0.5) is 0 Å². The molecule has 0 aliphatic carbocycles. The number of rotatable bonds is 13. The smallest absolute Gasteiger partial charge is 0.342 e. The van der Waals surface area contributed by atoms with Gasteiger partial charge in [-0.25, -0.2) is 4.79 Å². The average Bonchev–Trinajstić information content (AvgIpc) is 3.59. The van der Waals surface area contributed by atoms with E-state index in [0.29, 0.717) is 63.6 Å². The monoisotopic (exact) mass is 607 g/mol. The number of aliphatic hydroxyl groups is 1. The van der Waals surface area contributed by atoms with Crippen LogP contribution in [0.1, 0.15) is 23.1 Å². The number of esters is 1. The molecule has 1 N–H and O–H groups in total. The van der Waals surface area contributed by atoms with Crippen molar-refractivity contribution in [1.82, 2.24) is 4.90 Å². The van der Waals surface area contributed by atoms with Crippen molar-refractivity contribution in [3.05, 3.63) is 70.8 Å². The van der Waals surface area contributed by atoms with Gasteiger partial charge in [-0.2, -0.15) is 0 Å². The van der Waals surface area contributed by atoms with Crippen LogP contribution < -0.4 is 33.2 Å². The molecule has 2 aliphatic rings. The molecule has 1 unspecified atom stereocenters. The van der Waals surface area contributed by atoms with Crippen molar-refractivity contribution in [2.24, 2.45) is 0 Å². The zero-order valence-corrected chi connectivity index (χ0v) is 25.7. The second-order valence-corrected chi connectivity index (χ2v) is 10.5. The molecule has 2 aliphatic heterocycles. The third kappa shape index (κ3) is 5.93. The lowest BCUT2D eigenvalue weighted by Crippen LogP contribution is -2.30. The fraction of sp³-hybridized carbons (Fsp3) is 0.364. The molecule has 3 aromatic rings. The first kappa shape index (κ1) is 30.8. The molecule has 5 rings (SSSR count). The highest BCUT2D eigenvalue weighted by Crippen LogP contribution is 2.50. The minimum absolute atomic E-state index is 0.0743. The van der Waals surface area contributed by atoms with Crippen LogP contribution in [-0.4, -0.2) is 78.5 Å². The van der Waals surface area contributed by atoms with Gasteiger partial charge in [0.1, 0.15) is 11.5 Å². The molecule has 1 atom stereocenters. The first-order valence-corrected chi connectivity index (χ1v) is 14.1. The van der Waals surface area contributed by atoms with Gasteiger partial charge in [0.2, 0.25) is 12.5 Å². The molecule has 0 radical (unpaired) electrons. The maximum absolute atomic E-state index is 13.7. The lowest BCUT2D eigenvalue weighted by molar-refractivity contribution is -0.185. The van der Waals surface area contributed by atoms with E-state index in [-0.39, 0.29) is 24.4 Å². The quantitative estimate of drug-likeness (QED) is 0.223. The van der Waals surface area contributed by atoms with E-state index in [2.05, 4.69) is 4.90 Å². The largest absolute Gasteiger partial charge is 0.497 e. The summed E-state index contributed by atoms with van der Waals surface area (Å²) in [6.07, 6.45) is 0.813. The van der Waals surface area contributed by atoms with Crippen LogP contribution in [0, 0.1) is 0 Å². The van der Waals surface area contributed by atoms with E-state index in [9.17, 15) is 9.90 Å². The maximum Gasteiger partial charge on any atom is 0.342 e. The Labute approximate surface area is 256 Å². The summed E-state index contributed by atoms with van der Waals surface area (Å²) < 4.78 is 45.2. The third-order valence-corrected chi connectivity index (χ3v) is 7.48. The van der Waals surface area contributed by atoms with E-state index < -0.39 is 11.8 Å². The van der Waals surface area contributed by atoms with Gasteiger partial charge in [-0.1, -0.05) is 6.07 Å². The van der Waals surface area contributed by atoms with E-state index >= 15 is 0 Å². The van der Waals surface area contributed by atoms with Gasteiger partial charge in [0.25, 0.3) is 5.79 Å². The van der Waals surface area contributed by atoms with E-state index in [0.717, 1.165) is 13.0 Å². The van der Waals surface area contributed by atoms with E-state index in [4.69, 9.17) is 37.9 Å². The van der Waals surface area contributed by atoms with Crippen LogP contribution in [-0.2, 0) is 21.7 Å². The number of nitrogens with zero attached hydrogens (tertiary/aromatic N) is 1. The minimum atomic E-state index is -2.19. The van der Waals surface area contributed by atoms with Crippen LogP contribution in [0.3, 0.4) is 0 Å². The number of hydrogen-bond donors (Lipinski definition) is 1. The van der Waals surface area contributed by atoms with Gasteiger partial charge in [-0.05, 0) is 68.0 Å². The van der Waals surface area contributed by atoms with Crippen LogP contribution in [0.25, 0.3) is 5.57 Å². The summed E-state index contributed by atoms with van der Waals surface area (Å²) in [5.41, 5.74) is 1.91. The van der Waals surface area contributed by atoms with Crippen molar-refractivity contribution in [2.45, 2.75) is 18.6 Å². The maximum atomic E-state index is 13.7. The molecule has 0 saturated heterocycles. The number of carbonyl (C=O) groups excluding carboxylic acids is 1. The Hall–Kier alpha value is -4.61. The molecule has 0 spiro atoms. The Kier molecular flexibility index (Phi) is 9.07. The van der Waals surface area contributed by atoms with Gasteiger partial charge >= 0.3 is 5.97 Å². The van der Waals surface area contributed by atoms with Crippen LogP contribution in [0.5, 0.6) is 40.2 Å². The zero-order chi connectivity index (χ0) is 31.4. The van der Waals surface area contributed by atoms with Crippen molar-refractivity contribution < 1.29 is 47.8 Å². The van der Waals surface area contributed by atoms with Gasteiger partial charge < -0.3 is 47.9 Å². The highest BCUT2D eigenvalue weighted by Gasteiger charge is 2.50. The molecule has 44 heavy (non-hydrogen) atoms. The number of methoxy groups -OCH3 is 4. The number of carbonyl (C=O) groups is 1. The molecule has 11 nitrogen and oxygen atoms in total. The van der Waals surface area contributed by atoms with Gasteiger partial charge in [-0.15, -0.1) is 0 Å². The molecule has 11 heteroatoms. The number of ether oxygens (including phenoxy) is 8. The van der Waals surface area contributed by atoms with Crippen LogP contribution in [0.15, 0.2) is 54.1 Å². The summed E-state index contributed by atoms with van der Waals surface area (Å²) in [6.45, 7) is 1.24. The zero-order valence-electron chi connectivity index (χ0n) is 25.7. The molecule has 234 valence electrons. The second-order valence-electron chi connectivity index (χ2n) is 10.5. The minimum Gasteiger partial charge on any atom is -0.497 e. The predicted octanol–water partition coefficient (Wildman–Crippen LogP) is 4.18. The summed E-state index contributed by atoms with van der Waals surface area (Å²) in [4.78, 5) is 15.8. The highest BCUT2D eigenvalue weighted by molar-refractivity contribution is 6.20. The third-order valence-electron chi connectivity index (χ3n) is 7.48. The summed E-state index contributed by atoms with van der Waals surface area (Å²) in [7, 11) is 10.1. The van der Waals surface area contributed by atoms with E-state index in [1.54, 1.807) is 55.6 Å². The number of cyclic esters (lactones) is 1. The molecule has 3 aromatic carbocycles. The van der Waals surface area contributed by atoms with Gasteiger partial charge in [0, 0.05) is 24.6 Å². The summed E-state index contributed by atoms with van der Waals surface area (Å²) in [5, 5.41) is 12.4. The molecule has 2 heterocycles. The summed E-state index contributed by atoms with van der Waals surface area (Å²) in [6, 6.07) is 13.7. The van der Waals surface area contributed by atoms with Crippen LogP contribution >= 0.6 is 0 Å². The number of hydrogen-bond acceptors (Lipinski definition) is 11. The van der Waals surface area contributed by atoms with E-state index in [1.165, 1.54) is 21.3 Å². The molecule has 0 saturated carbocycles. The normalized spacial score (nSPS) is 17.1. The van der Waals surface area contributed by atoms with Crippen molar-refractivity contribution in [3.8, 4) is 40.2 Å².